The van der Waals surface area contributed by atoms with Gasteiger partial charge in [-0.1, -0.05) is 16.4 Å². The number of amides is 3. The van der Waals surface area contributed by atoms with Gasteiger partial charge >= 0.3 is 35.5 Å². The average molecular weight is 869 g/mol. The van der Waals surface area contributed by atoms with E-state index in [0.29, 0.717) is 11.3 Å². The molecule has 3 amide bonds. The summed E-state index contributed by atoms with van der Waals surface area (Å²) < 4.78 is 26.4. The Labute approximate surface area is 359 Å². The number of nitrogens with two attached hydrogens (primary N) is 1. The maximum atomic E-state index is 13.1. The molecule has 302 valence electrons. The number of anilines is 1. The normalized spacial score (nSPS) is 24.5. The van der Waals surface area contributed by atoms with Gasteiger partial charge in [-0.15, -0.1) is 28.2 Å². The Hall–Kier alpha value is -4.95. The predicted octanol–water partition coefficient (Wildman–Crippen LogP) is -7.15. The van der Waals surface area contributed by atoms with Gasteiger partial charge in [0.2, 0.25) is 11.5 Å². The number of nitrogens with one attached hydrogen (secondary N) is 1. The molecule has 0 aromatic carbocycles. The van der Waals surface area contributed by atoms with Crippen LogP contribution in [0.15, 0.2) is 64.8 Å². The van der Waals surface area contributed by atoms with Crippen molar-refractivity contribution in [3.8, 4) is 0 Å². The summed E-state index contributed by atoms with van der Waals surface area (Å²) in [5, 5.41) is 45.9. The smallest absolute Gasteiger partial charge is 0.548 e. The van der Waals surface area contributed by atoms with E-state index in [1.807, 2.05) is 6.07 Å². The molecule has 7 rings (SSSR count). The summed E-state index contributed by atoms with van der Waals surface area (Å²) in [5.41, 5.74) is 3.83. The Morgan fingerprint density at radius 3 is 2.43 bits per heavy atom. The van der Waals surface area contributed by atoms with Crippen molar-refractivity contribution in [1.82, 2.24) is 35.1 Å². The summed E-state index contributed by atoms with van der Waals surface area (Å²) in [4.78, 5) is 83.4. The summed E-state index contributed by atoms with van der Waals surface area (Å²) in [6, 6.07) is 2.85. The Bertz CT molecular complexity index is 2320. The number of oxime groups is 1. The number of β-lactam (4-membered cyclic amide) rings is 2. The second kappa shape index (κ2) is 16.7. The number of pyridine rings is 1. The number of thiazole rings is 1. The summed E-state index contributed by atoms with van der Waals surface area (Å²) in [5.74, 6) is -6.07. The zero-order chi connectivity index (χ0) is 41.6. The summed E-state index contributed by atoms with van der Waals surface area (Å²) in [7, 11) is -3.84. The first-order valence-electron chi connectivity index (χ1n) is 16.7. The van der Waals surface area contributed by atoms with Crippen molar-refractivity contribution < 1.29 is 91.5 Å². The van der Waals surface area contributed by atoms with E-state index >= 15 is 0 Å². The quantitative estimate of drug-likeness (QED) is 0.0501. The molecule has 0 unspecified atom stereocenters. The number of aliphatic carboxylic acids is 3. The van der Waals surface area contributed by atoms with Crippen LogP contribution in [0, 0.1) is 0 Å². The molecule has 26 heteroatoms. The van der Waals surface area contributed by atoms with Crippen LogP contribution < -0.4 is 55.4 Å². The molecule has 0 radical (unpaired) electrons. The fraction of sp³-hybridized carbons (Fsp3) is 0.406. The summed E-state index contributed by atoms with van der Waals surface area (Å²) in [6.07, 6.45) is 6.16. The number of rotatable bonds is 12. The topological polar surface area (TPSA) is 317 Å². The fourth-order valence-electron chi connectivity index (χ4n) is 6.47. The van der Waals surface area contributed by atoms with Crippen molar-refractivity contribution in [2.75, 3.05) is 11.5 Å². The standard InChI is InChI=1S/C22H22N6O7S2.C10H12N4O5S.Na/c1-22(2,20(33)34)35-26-13(12-10-37-21(23)24-12)16(29)25-14-17(30)28-15(19(31)32)11(9-36-18(14)28)8-27-6-4-3-5-7-27;1-10(5-13-3-2-11-12-13)8(9(16)17)14-6(15)4-7(14)20(10,18)19;/h3-7,10,14,18H,8-9H2,1-2H3,(H4-,23,24,25,29,31,32,33,34);2-3,7-8H,4-5H2,1H3,(H,16,17);/q;;+1/p-1/b26-13-;;/t14-,18-;7-,8+,10+;/m11./s1. The molecule has 0 aliphatic carbocycles. The first-order chi connectivity index (χ1) is 26.8. The molecule has 3 saturated heterocycles. The molecule has 22 nitrogen and oxygen atoms in total. The summed E-state index contributed by atoms with van der Waals surface area (Å²) >= 11 is 2.32. The maximum absolute atomic E-state index is 13.1. The third-order valence-corrected chi connectivity index (χ3v) is 14.3. The molecule has 4 aliphatic rings. The van der Waals surface area contributed by atoms with Crippen molar-refractivity contribution in [2.24, 2.45) is 5.16 Å². The molecule has 0 spiro atoms. The Kier molecular flexibility index (Phi) is 12.7. The van der Waals surface area contributed by atoms with Gasteiger partial charge < -0.3 is 45.7 Å². The molecule has 3 aromatic heterocycles. The van der Waals surface area contributed by atoms with Crippen molar-refractivity contribution in [2.45, 2.75) is 73.5 Å². The van der Waals surface area contributed by atoms with Crippen molar-refractivity contribution in [3.05, 3.63) is 65.3 Å². The largest absolute Gasteiger partial charge is 1.00 e. The molecule has 4 aliphatic heterocycles. The number of thioether (sulfide) groups is 1. The SMILES string of the molecule is CC(C)(O/N=C(\C(=O)N[C@@H]1C(=O)N2C(C(=O)[O-])=C(C[n+]3ccccc3)CS[C@H]12)c1csc(N)n1)C(=O)O.C[C@]1(Cn2ccnn2)[C@H](C(=O)[O-])N2C(=O)C[C@H]2S1(=O)=O.[Na+]. The zero-order valence-electron chi connectivity index (χ0n) is 31.1. The number of fused-ring (bicyclic) bond motifs is 2. The number of carbonyl (C=O) groups excluding carboxylic acids is 5. The number of hydrogen-bond donors (Lipinski definition) is 3. The number of carbonyl (C=O) groups is 6. The molecule has 3 fully saturated rings. The molecule has 7 heterocycles. The van der Waals surface area contributed by atoms with Gasteiger partial charge in [-0.05, 0) is 20.8 Å². The van der Waals surface area contributed by atoms with Crippen LogP contribution in [0.3, 0.4) is 0 Å². The Morgan fingerprint density at radius 1 is 1.19 bits per heavy atom. The number of hydrogen-bond acceptors (Lipinski definition) is 18. The number of carboxylic acids is 3. The van der Waals surface area contributed by atoms with E-state index in [0.717, 1.165) is 21.1 Å². The number of nitrogens with zero attached hydrogens (tertiary/aromatic N) is 8. The van der Waals surface area contributed by atoms with E-state index in [2.05, 4.69) is 25.8 Å². The molecular weight excluding hydrogens is 836 g/mol. The van der Waals surface area contributed by atoms with Gasteiger partial charge in [-0.25, -0.2) is 22.8 Å². The predicted molar refractivity (Wildman–Crippen MR) is 191 cm³/mol. The number of aromatic nitrogens is 5. The van der Waals surface area contributed by atoms with Gasteiger partial charge in [-0.2, -0.15) is 0 Å². The van der Waals surface area contributed by atoms with E-state index < -0.39 is 78.6 Å². The minimum atomic E-state index is -3.84. The minimum Gasteiger partial charge on any atom is -0.548 e. The summed E-state index contributed by atoms with van der Waals surface area (Å²) in [6.45, 7) is 3.84. The van der Waals surface area contributed by atoms with Crippen LogP contribution in [0.25, 0.3) is 0 Å². The monoisotopic (exact) mass is 868 g/mol. The van der Waals surface area contributed by atoms with E-state index in [1.165, 1.54) is 55.0 Å². The number of carboxylic acid groups (broad SMARTS) is 3. The van der Waals surface area contributed by atoms with Gasteiger partial charge in [0.25, 0.3) is 11.8 Å². The zero-order valence-corrected chi connectivity index (χ0v) is 35.5. The van der Waals surface area contributed by atoms with Crippen LogP contribution in [0.5, 0.6) is 0 Å². The maximum Gasteiger partial charge on any atom is 1.00 e. The molecule has 4 N–H and O–H groups in total. The first kappa shape index (κ1) is 44.2. The van der Waals surface area contributed by atoms with Crippen LogP contribution in [-0.4, -0.2) is 124 Å². The molecule has 0 bridgehead atoms. The molecule has 3 aromatic rings. The number of nitrogen functional groups attached to an aromatic ring is 1. The van der Waals surface area contributed by atoms with E-state index in [-0.39, 0.29) is 71.3 Å². The molecular formula is C32H33N10NaO12S3. The fourth-order valence-corrected chi connectivity index (χ4v) is 10.7. The van der Waals surface area contributed by atoms with Crippen molar-refractivity contribution in [1.29, 1.82) is 0 Å². The van der Waals surface area contributed by atoms with E-state index in [9.17, 15) is 52.5 Å². The van der Waals surface area contributed by atoms with Crippen molar-refractivity contribution in [3.63, 3.8) is 0 Å². The third kappa shape index (κ3) is 8.05. The minimum absolute atomic E-state index is 0. The van der Waals surface area contributed by atoms with Crippen LogP contribution in [-0.2, 0) is 56.5 Å². The van der Waals surface area contributed by atoms with E-state index in [4.69, 9.17) is 10.6 Å². The van der Waals surface area contributed by atoms with Gasteiger partial charge in [0.05, 0.1) is 42.8 Å². The van der Waals surface area contributed by atoms with E-state index in [1.54, 1.807) is 29.1 Å². The van der Waals surface area contributed by atoms with Gasteiger partial charge in [-0.3, -0.25) is 24.0 Å². The average Bonchev–Trinajstić information content (AvgIpc) is 3.85. The third-order valence-electron chi connectivity index (χ3n) is 9.52. The Morgan fingerprint density at radius 2 is 1.88 bits per heavy atom. The van der Waals surface area contributed by atoms with Crippen molar-refractivity contribution >= 4 is 79.4 Å². The van der Waals surface area contributed by atoms with Gasteiger partial charge in [0, 0.05) is 35.0 Å². The molecule has 58 heavy (non-hydrogen) atoms. The Balaban J connectivity index is 0.000000257. The second-order valence-electron chi connectivity index (χ2n) is 13.7. The first-order valence-corrected chi connectivity index (χ1v) is 20.2. The van der Waals surface area contributed by atoms with Gasteiger partial charge in [0.15, 0.2) is 39.6 Å². The van der Waals surface area contributed by atoms with Crippen LogP contribution >= 0.6 is 23.1 Å². The molecule has 0 saturated carbocycles. The van der Waals surface area contributed by atoms with Crippen LogP contribution in [0.1, 0.15) is 32.9 Å². The second-order valence-corrected chi connectivity index (χ2v) is 18.3. The van der Waals surface area contributed by atoms with Crippen LogP contribution in [0.4, 0.5) is 5.13 Å². The molecule has 5 atom stereocenters. The number of sulfone groups is 1. The van der Waals surface area contributed by atoms with Gasteiger partial charge in [0.1, 0.15) is 27.2 Å². The van der Waals surface area contributed by atoms with Crippen LogP contribution in [0.2, 0.25) is 0 Å².